The third-order valence-corrected chi connectivity index (χ3v) is 4.57. The number of carbonyl (C=O) groups excluding carboxylic acids is 1. The number of methoxy groups -OCH3 is 1. The van der Waals surface area contributed by atoms with E-state index < -0.39 is 6.61 Å². The lowest BCUT2D eigenvalue weighted by Crippen LogP contribution is -2.49. The van der Waals surface area contributed by atoms with Crippen molar-refractivity contribution in [2.24, 2.45) is 0 Å². The van der Waals surface area contributed by atoms with Gasteiger partial charge in [0.1, 0.15) is 11.5 Å². The zero-order valence-electron chi connectivity index (χ0n) is 15.1. The topological polar surface area (TPSA) is 42.0 Å². The first-order valence-electron chi connectivity index (χ1n) is 8.75. The van der Waals surface area contributed by atoms with E-state index in [1.807, 2.05) is 29.2 Å². The smallest absolute Gasteiger partial charge is 0.387 e. The average Bonchev–Trinajstić information content (AvgIpc) is 2.69. The lowest BCUT2D eigenvalue weighted by molar-refractivity contribution is -0.130. The van der Waals surface area contributed by atoms with Crippen molar-refractivity contribution >= 4 is 11.6 Å². The van der Waals surface area contributed by atoms with Crippen LogP contribution in [0.3, 0.4) is 0 Å². The Bertz CT molecular complexity index is 743. The molecule has 27 heavy (non-hydrogen) atoms. The van der Waals surface area contributed by atoms with E-state index >= 15 is 0 Å². The van der Waals surface area contributed by atoms with Crippen LogP contribution in [0.25, 0.3) is 0 Å². The van der Waals surface area contributed by atoms with E-state index in [0.717, 1.165) is 30.1 Å². The van der Waals surface area contributed by atoms with Crippen LogP contribution in [0.1, 0.15) is 5.56 Å². The van der Waals surface area contributed by atoms with Crippen molar-refractivity contribution in [2.75, 3.05) is 38.2 Å². The molecule has 1 aliphatic rings. The summed E-state index contributed by atoms with van der Waals surface area (Å²) in [7, 11) is 1.64. The molecule has 1 saturated heterocycles. The van der Waals surface area contributed by atoms with Crippen LogP contribution >= 0.6 is 0 Å². The van der Waals surface area contributed by atoms with Gasteiger partial charge in [0.25, 0.3) is 0 Å². The number of anilines is 1. The highest BCUT2D eigenvalue weighted by atomic mass is 19.3. The fraction of sp³-hybridized carbons (Fsp3) is 0.350. The van der Waals surface area contributed by atoms with Gasteiger partial charge in [-0.1, -0.05) is 12.1 Å². The predicted octanol–water partition coefficient (Wildman–Crippen LogP) is 3.19. The minimum Gasteiger partial charge on any atom is -0.497 e. The van der Waals surface area contributed by atoms with Gasteiger partial charge in [0.05, 0.1) is 13.5 Å². The molecule has 0 spiro atoms. The Balaban J connectivity index is 1.50. The number of hydrogen-bond donors (Lipinski definition) is 0. The highest BCUT2D eigenvalue weighted by molar-refractivity contribution is 5.79. The fourth-order valence-electron chi connectivity index (χ4n) is 3.08. The van der Waals surface area contributed by atoms with Crippen LogP contribution in [0.5, 0.6) is 11.5 Å². The summed E-state index contributed by atoms with van der Waals surface area (Å²) in [5.74, 6) is 0.943. The van der Waals surface area contributed by atoms with Gasteiger partial charge in [-0.25, -0.2) is 0 Å². The molecule has 0 unspecified atom stereocenters. The van der Waals surface area contributed by atoms with Crippen molar-refractivity contribution in [3.05, 3.63) is 54.1 Å². The molecule has 0 radical (unpaired) electrons. The van der Waals surface area contributed by atoms with Gasteiger partial charge in [0, 0.05) is 31.9 Å². The molecule has 1 fully saturated rings. The van der Waals surface area contributed by atoms with Gasteiger partial charge in [-0.05, 0) is 42.0 Å². The summed E-state index contributed by atoms with van der Waals surface area (Å²) in [6.07, 6.45) is 0.248. The molecule has 0 aliphatic carbocycles. The molecule has 1 amide bonds. The van der Waals surface area contributed by atoms with Crippen LogP contribution < -0.4 is 14.4 Å². The quantitative estimate of drug-likeness (QED) is 0.777. The molecule has 5 nitrogen and oxygen atoms in total. The molecule has 3 rings (SSSR count). The van der Waals surface area contributed by atoms with E-state index in [-0.39, 0.29) is 18.1 Å². The second-order valence-electron chi connectivity index (χ2n) is 6.27. The van der Waals surface area contributed by atoms with Crippen molar-refractivity contribution in [2.45, 2.75) is 13.0 Å². The number of carbonyl (C=O) groups is 1. The van der Waals surface area contributed by atoms with Crippen molar-refractivity contribution in [1.82, 2.24) is 4.90 Å². The minimum absolute atomic E-state index is 0.0342. The predicted molar refractivity (Wildman–Crippen MR) is 98.6 cm³/mol. The molecule has 0 bridgehead atoms. The maximum Gasteiger partial charge on any atom is 0.387 e. The number of nitrogens with zero attached hydrogens (tertiary/aromatic N) is 2. The van der Waals surface area contributed by atoms with Gasteiger partial charge in [-0.2, -0.15) is 8.78 Å². The van der Waals surface area contributed by atoms with Crippen LogP contribution in [0.2, 0.25) is 0 Å². The first kappa shape index (κ1) is 18.9. The Kier molecular flexibility index (Phi) is 6.11. The van der Waals surface area contributed by atoms with Crippen molar-refractivity contribution < 1.29 is 23.0 Å². The monoisotopic (exact) mass is 376 g/mol. The molecular formula is C20H22F2N2O3. The molecular weight excluding hydrogens is 354 g/mol. The number of piperazine rings is 1. The summed E-state index contributed by atoms with van der Waals surface area (Å²) in [6, 6.07) is 14.1. The standard InChI is InChI=1S/C20H22F2N2O3/c1-26-17-8-4-16(5-9-17)23-10-12-24(13-11-23)19(25)14-15-2-6-18(7-3-15)27-20(21)22/h2-9,20H,10-14H2,1H3. The highest BCUT2D eigenvalue weighted by Gasteiger charge is 2.21. The van der Waals surface area contributed by atoms with E-state index in [9.17, 15) is 13.6 Å². The summed E-state index contributed by atoms with van der Waals surface area (Å²) < 4.78 is 33.8. The number of hydrogen-bond acceptors (Lipinski definition) is 4. The lowest BCUT2D eigenvalue weighted by Gasteiger charge is -2.36. The third-order valence-electron chi connectivity index (χ3n) is 4.57. The number of alkyl halides is 2. The zero-order valence-corrected chi connectivity index (χ0v) is 15.1. The Hall–Kier alpha value is -2.83. The van der Waals surface area contributed by atoms with E-state index in [4.69, 9.17) is 4.74 Å². The van der Waals surface area contributed by atoms with Gasteiger partial charge in [-0.3, -0.25) is 4.79 Å². The molecule has 2 aromatic rings. The summed E-state index contributed by atoms with van der Waals surface area (Å²) in [5, 5.41) is 0. The van der Waals surface area contributed by atoms with Crippen LogP contribution in [-0.2, 0) is 11.2 Å². The van der Waals surface area contributed by atoms with Crippen molar-refractivity contribution in [1.29, 1.82) is 0 Å². The summed E-state index contributed by atoms with van der Waals surface area (Å²) in [6.45, 7) is -0.0210. The van der Waals surface area contributed by atoms with Gasteiger partial charge in [0.2, 0.25) is 5.91 Å². The molecule has 144 valence electrons. The van der Waals surface area contributed by atoms with Crippen LogP contribution in [0.15, 0.2) is 48.5 Å². The van der Waals surface area contributed by atoms with Gasteiger partial charge in [-0.15, -0.1) is 0 Å². The Morgan fingerprint density at radius 3 is 2.11 bits per heavy atom. The Morgan fingerprint density at radius 1 is 0.963 bits per heavy atom. The number of rotatable bonds is 6. The SMILES string of the molecule is COc1ccc(N2CCN(C(=O)Cc3ccc(OC(F)F)cc3)CC2)cc1. The third kappa shape index (κ3) is 5.09. The first-order chi connectivity index (χ1) is 13.0. The van der Waals surface area contributed by atoms with Gasteiger partial charge >= 0.3 is 6.61 Å². The molecule has 2 aromatic carbocycles. The van der Waals surface area contributed by atoms with E-state index in [2.05, 4.69) is 9.64 Å². The zero-order chi connectivity index (χ0) is 19.2. The number of halogens is 2. The molecule has 0 N–H and O–H groups in total. The molecule has 0 saturated carbocycles. The lowest BCUT2D eigenvalue weighted by atomic mass is 10.1. The summed E-state index contributed by atoms with van der Waals surface area (Å²) in [5.41, 5.74) is 1.89. The number of amides is 1. The van der Waals surface area contributed by atoms with E-state index in [1.54, 1.807) is 19.2 Å². The van der Waals surface area contributed by atoms with E-state index in [1.165, 1.54) is 12.1 Å². The second kappa shape index (κ2) is 8.70. The highest BCUT2D eigenvalue weighted by Crippen LogP contribution is 2.21. The minimum atomic E-state index is -2.85. The largest absolute Gasteiger partial charge is 0.497 e. The second-order valence-corrected chi connectivity index (χ2v) is 6.27. The maximum atomic E-state index is 12.5. The van der Waals surface area contributed by atoms with Crippen molar-refractivity contribution in [3.63, 3.8) is 0 Å². The molecule has 0 atom stereocenters. The summed E-state index contributed by atoms with van der Waals surface area (Å²) >= 11 is 0. The molecule has 1 aliphatic heterocycles. The van der Waals surface area contributed by atoms with Gasteiger partial charge < -0.3 is 19.3 Å². The molecule has 1 heterocycles. The Labute approximate surface area is 157 Å². The maximum absolute atomic E-state index is 12.5. The summed E-state index contributed by atoms with van der Waals surface area (Å²) in [4.78, 5) is 16.6. The fourth-order valence-corrected chi connectivity index (χ4v) is 3.08. The van der Waals surface area contributed by atoms with Crippen LogP contribution in [0, 0.1) is 0 Å². The van der Waals surface area contributed by atoms with Crippen LogP contribution in [-0.4, -0.2) is 50.7 Å². The van der Waals surface area contributed by atoms with Crippen LogP contribution in [0.4, 0.5) is 14.5 Å². The molecule has 7 heteroatoms. The number of ether oxygens (including phenoxy) is 2. The van der Waals surface area contributed by atoms with Gasteiger partial charge in [0.15, 0.2) is 0 Å². The normalized spacial score (nSPS) is 14.4. The Morgan fingerprint density at radius 2 is 1.56 bits per heavy atom. The van der Waals surface area contributed by atoms with E-state index in [0.29, 0.717) is 13.1 Å². The average molecular weight is 376 g/mol. The van der Waals surface area contributed by atoms with Crippen molar-refractivity contribution in [3.8, 4) is 11.5 Å². The first-order valence-corrected chi connectivity index (χ1v) is 8.75. The molecule has 0 aromatic heterocycles. The number of benzene rings is 2.